The summed E-state index contributed by atoms with van der Waals surface area (Å²) in [5.41, 5.74) is 3.20. The van der Waals surface area contributed by atoms with E-state index >= 15 is 0 Å². The van der Waals surface area contributed by atoms with Gasteiger partial charge in [-0.05, 0) is 25.0 Å². The van der Waals surface area contributed by atoms with E-state index in [-0.39, 0.29) is 0 Å². The van der Waals surface area contributed by atoms with E-state index in [1.807, 2.05) is 30.3 Å². The lowest BCUT2D eigenvalue weighted by atomic mass is 10.0. The monoisotopic (exact) mass is 338 g/mol. The average molecular weight is 340 g/mol. The lowest BCUT2D eigenvalue weighted by Gasteiger charge is -2.15. The van der Waals surface area contributed by atoms with Crippen LogP contribution in [0.15, 0.2) is 42.5 Å². The molecule has 1 nitrogen and oxygen atoms in total. The fourth-order valence-electron chi connectivity index (χ4n) is 1.96. The molecule has 0 spiro atoms. The van der Waals surface area contributed by atoms with Gasteiger partial charge in [-0.3, -0.25) is 0 Å². The molecule has 19 heavy (non-hydrogen) atoms. The van der Waals surface area contributed by atoms with E-state index in [2.05, 4.69) is 35.0 Å². The third-order valence-electron chi connectivity index (χ3n) is 2.90. The molecule has 2 aromatic carbocycles. The number of rotatable bonds is 5. The van der Waals surface area contributed by atoms with Crippen molar-refractivity contribution >= 4 is 27.5 Å². The Hall–Kier alpha value is -0.990. The van der Waals surface area contributed by atoms with Crippen LogP contribution in [0.4, 0.5) is 0 Å². The van der Waals surface area contributed by atoms with Gasteiger partial charge in [-0.2, -0.15) is 0 Å². The van der Waals surface area contributed by atoms with Crippen molar-refractivity contribution in [3.05, 3.63) is 53.1 Å². The number of benzene rings is 2. The van der Waals surface area contributed by atoms with Gasteiger partial charge in [0.2, 0.25) is 0 Å². The number of para-hydroxylation sites is 1. The minimum atomic E-state index is 0.702. The summed E-state index contributed by atoms with van der Waals surface area (Å²) >= 11 is 9.70. The van der Waals surface area contributed by atoms with Crippen molar-refractivity contribution in [1.29, 1.82) is 0 Å². The second-order valence-electron chi connectivity index (χ2n) is 4.32. The summed E-state index contributed by atoms with van der Waals surface area (Å²) in [5.74, 6) is 0.927. The van der Waals surface area contributed by atoms with E-state index in [1.54, 1.807) is 0 Å². The summed E-state index contributed by atoms with van der Waals surface area (Å²) < 4.78 is 5.93. The first-order chi connectivity index (χ1) is 9.24. The van der Waals surface area contributed by atoms with Crippen LogP contribution >= 0.6 is 27.5 Å². The van der Waals surface area contributed by atoms with E-state index in [0.29, 0.717) is 6.61 Å². The fourth-order valence-corrected chi connectivity index (χ4v) is 2.43. The van der Waals surface area contributed by atoms with Gasteiger partial charge in [0, 0.05) is 21.5 Å². The predicted molar refractivity (Wildman–Crippen MR) is 85.5 cm³/mol. The number of alkyl halides is 1. The predicted octanol–water partition coefficient (Wildman–Crippen LogP) is 5.48. The highest BCUT2D eigenvalue weighted by molar-refractivity contribution is 9.09. The molecule has 2 rings (SSSR count). The number of ether oxygens (including phenoxy) is 1. The van der Waals surface area contributed by atoms with Crippen LogP contribution in [0.3, 0.4) is 0 Å². The fraction of sp³-hybridized carbons (Fsp3) is 0.250. The molecule has 0 heterocycles. The Morgan fingerprint density at radius 3 is 2.53 bits per heavy atom. The van der Waals surface area contributed by atoms with Gasteiger partial charge in [-0.1, -0.05) is 63.9 Å². The van der Waals surface area contributed by atoms with Gasteiger partial charge in [0.05, 0.1) is 6.61 Å². The maximum absolute atomic E-state index is 6.28. The average Bonchev–Trinajstić information content (AvgIpc) is 2.41. The van der Waals surface area contributed by atoms with Crippen molar-refractivity contribution in [1.82, 2.24) is 0 Å². The number of hydrogen-bond acceptors (Lipinski definition) is 1. The summed E-state index contributed by atoms with van der Waals surface area (Å²) in [6.07, 6.45) is 0.982. The first-order valence-corrected chi connectivity index (χ1v) is 7.77. The largest absolute Gasteiger partial charge is 0.493 e. The summed E-state index contributed by atoms with van der Waals surface area (Å²) in [6, 6.07) is 14.0. The molecule has 2 aromatic rings. The minimum Gasteiger partial charge on any atom is -0.493 e. The van der Waals surface area contributed by atoms with Gasteiger partial charge in [0.15, 0.2) is 0 Å². The van der Waals surface area contributed by atoms with Crippen LogP contribution in [0, 0.1) is 6.92 Å². The van der Waals surface area contributed by atoms with E-state index in [0.717, 1.165) is 39.2 Å². The van der Waals surface area contributed by atoms with E-state index < -0.39 is 0 Å². The number of aryl methyl sites for hydroxylation is 1. The Morgan fingerprint density at radius 1 is 1.05 bits per heavy atom. The van der Waals surface area contributed by atoms with Gasteiger partial charge < -0.3 is 4.74 Å². The molecule has 0 aromatic heterocycles. The van der Waals surface area contributed by atoms with Crippen LogP contribution in [0.5, 0.6) is 5.75 Å². The molecule has 0 saturated heterocycles. The normalized spacial score (nSPS) is 10.5. The van der Waals surface area contributed by atoms with E-state index in [4.69, 9.17) is 16.3 Å². The Bertz CT molecular complexity index is 554. The molecule has 100 valence electrons. The maximum Gasteiger partial charge on any atom is 0.130 e. The minimum absolute atomic E-state index is 0.702. The van der Waals surface area contributed by atoms with Gasteiger partial charge >= 0.3 is 0 Å². The maximum atomic E-state index is 6.28. The molecule has 0 saturated carbocycles. The molecule has 0 aliphatic heterocycles. The smallest absolute Gasteiger partial charge is 0.130 e. The highest BCUT2D eigenvalue weighted by Gasteiger charge is 2.11. The lowest BCUT2D eigenvalue weighted by Crippen LogP contribution is -2.01. The first kappa shape index (κ1) is 14.4. The molecule has 0 aliphatic rings. The second-order valence-corrected chi connectivity index (χ2v) is 5.52. The summed E-state index contributed by atoms with van der Waals surface area (Å²) in [4.78, 5) is 0. The molecule has 0 N–H and O–H groups in total. The molecule has 0 aliphatic carbocycles. The third-order valence-corrected chi connectivity index (χ3v) is 3.79. The standard InChI is InChI=1S/C16H16BrClO/c1-12-6-4-8-14(16(12)19-11-5-10-17)13-7-2-3-9-15(13)18/h2-4,6-9H,5,10-11H2,1H3. The zero-order chi connectivity index (χ0) is 13.7. The van der Waals surface area contributed by atoms with Gasteiger partial charge in [0.1, 0.15) is 5.75 Å². The molecule has 0 unspecified atom stereocenters. The van der Waals surface area contributed by atoms with Crippen molar-refractivity contribution < 1.29 is 4.74 Å². The van der Waals surface area contributed by atoms with Crippen molar-refractivity contribution in [3.63, 3.8) is 0 Å². The molecule has 0 radical (unpaired) electrons. The van der Waals surface area contributed by atoms with E-state index in [1.165, 1.54) is 0 Å². The highest BCUT2D eigenvalue weighted by Crippen LogP contribution is 2.36. The van der Waals surface area contributed by atoms with Crippen LogP contribution < -0.4 is 4.74 Å². The van der Waals surface area contributed by atoms with Crippen LogP contribution in [0.2, 0.25) is 5.02 Å². The first-order valence-electron chi connectivity index (χ1n) is 6.27. The molecular weight excluding hydrogens is 324 g/mol. The van der Waals surface area contributed by atoms with Gasteiger partial charge in [0.25, 0.3) is 0 Å². The van der Waals surface area contributed by atoms with Gasteiger partial charge in [-0.15, -0.1) is 0 Å². The Morgan fingerprint density at radius 2 is 1.79 bits per heavy atom. The second kappa shape index (κ2) is 6.97. The summed E-state index contributed by atoms with van der Waals surface area (Å²) in [6.45, 7) is 2.76. The summed E-state index contributed by atoms with van der Waals surface area (Å²) in [5, 5.41) is 1.69. The molecule has 0 amide bonds. The molecule has 0 atom stereocenters. The Labute approximate surface area is 127 Å². The quantitative estimate of drug-likeness (QED) is 0.518. The lowest BCUT2D eigenvalue weighted by molar-refractivity contribution is 0.318. The topological polar surface area (TPSA) is 9.23 Å². The third kappa shape index (κ3) is 3.52. The molecule has 0 bridgehead atoms. The van der Waals surface area contributed by atoms with Crippen molar-refractivity contribution in [3.8, 4) is 16.9 Å². The van der Waals surface area contributed by atoms with Crippen LogP contribution in [-0.2, 0) is 0 Å². The van der Waals surface area contributed by atoms with Crippen LogP contribution in [-0.4, -0.2) is 11.9 Å². The molecule has 3 heteroatoms. The van der Waals surface area contributed by atoms with Gasteiger partial charge in [-0.25, -0.2) is 0 Å². The Kier molecular flexibility index (Phi) is 5.29. The Balaban J connectivity index is 2.40. The van der Waals surface area contributed by atoms with Crippen LogP contribution in [0.25, 0.3) is 11.1 Å². The highest BCUT2D eigenvalue weighted by atomic mass is 79.9. The van der Waals surface area contributed by atoms with Crippen molar-refractivity contribution in [2.45, 2.75) is 13.3 Å². The summed E-state index contributed by atoms with van der Waals surface area (Å²) in [7, 11) is 0. The van der Waals surface area contributed by atoms with Crippen molar-refractivity contribution in [2.75, 3.05) is 11.9 Å². The SMILES string of the molecule is Cc1cccc(-c2ccccc2Cl)c1OCCCBr. The van der Waals surface area contributed by atoms with Crippen LogP contribution in [0.1, 0.15) is 12.0 Å². The molecule has 0 fully saturated rings. The zero-order valence-corrected chi connectivity index (χ0v) is 13.2. The number of hydrogen-bond donors (Lipinski definition) is 0. The molecular formula is C16H16BrClO. The van der Waals surface area contributed by atoms with E-state index in [9.17, 15) is 0 Å². The zero-order valence-electron chi connectivity index (χ0n) is 10.8. The number of halogens is 2. The van der Waals surface area contributed by atoms with Crippen molar-refractivity contribution in [2.24, 2.45) is 0 Å².